The molecule has 2 aromatic rings. The standard InChI is InChI=1S/C20H26ClNO3S/c1-20(2,3)17-9-11-18(12-10-17)26(23,24)22-15-19(25-14-13-21)16-7-5-4-6-8-16/h4-12,19,22H,13-15H2,1-3H3/t19-/m1/s1. The first-order valence-corrected chi connectivity index (χ1v) is 10.6. The monoisotopic (exact) mass is 395 g/mol. The summed E-state index contributed by atoms with van der Waals surface area (Å²) < 4.78 is 33.6. The molecular weight excluding hydrogens is 370 g/mol. The van der Waals surface area contributed by atoms with Gasteiger partial charge >= 0.3 is 0 Å². The summed E-state index contributed by atoms with van der Waals surface area (Å²) in [5.41, 5.74) is 1.97. The number of alkyl halides is 1. The zero-order chi connectivity index (χ0) is 19.2. The molecule has 0 saturated carbocycles. The number of benzene rings is 2. The Bertz CT molecular complexity index is 784. The average Bonchev–Trinajstić information content (AvgIpc) is 2.62. The van der Waals surface area contributed by atoms with E-state index in [-0.39, 0.29) is 16.9 Å². The fourth-order valence-electron chi connectivity index (χ4n) is 2.53. The molecule has 1 N–H and O–H groups in total. The van der Waals surface area contributed by atoms with Gasteiger partial charge in [-0.15, -0.1) is 11.6 Å². The van der Waals surface area contributed by atoms with Gasteiger partial charge in [-0.25, -0.2) is 13.1 Å². The topological polar surface area (TPSA) is 55.4 Å². The molecule has 0 heterocycles. The highest BCUT2D eigenvalue weighted by molar-refractivity contribution is 7.89. The summed E-state index contributed by atoms with van der Waals surface area (Å²) in [7, 11) is -3.61. The molecule has 0 radical (unpaired) electrons. The fourth-order valence-corrected chi connectivity index (χ4v) is 3.65. The third-order valence-corrected chi connectivity index (χ3v) is 5.65. The number of ether oxygens (including phenoxy) is 1. The molecule has 0 aliphatic heterocycles. The van der Waals surface area contributed by atoms with Gasteiger partial charge in [-0.1, -0.05) is 63.2 Å². The Balaban J connectivity index is 2.11. The molecule has 2 rings (SSSR count). The SMILES string of the molecule is CC(C)(C)c1ccc(S(=O)(=O)NC[C@@H](OCCCl)c2ccccc2)cc1. The molecule has 4 nitrogen and oxygen atoms in total. The molecule has 0 fully saturated rings. The minimum absolute atomic E-state index is 0.0243. The highest BCUT2D eigenvalue weighted by atomic mass is 35.5. The molecule has 0 amide bonds. The van der Waals surface area contributed by atoms with Gasteiger partial charge < -0.3 is 4.74 Å². The van der Waals surface area contributed by atoms with Crippen molar-refractivity contribution < 1.29 is 13.2 Å². The second-order valence-corrected chi connectivity index (χ2v) is 9.23. The van der Waals surface area contributed by atoms with Gasteiger partial charge in [-0.05, 0) is 28.7 Å². The van der Waals surface area contributed by atoms with E-state index in [9.17, 15) is 8.42 Å². The highest BCUT2D eigenvalue weighted by Crippen LogP contribution is 2.24. The van der Waals surface area contributed by atoms with Crippen molar-refractivity contribution in [3.05, 3.63) is 65.7 Å². The number of halogens is 1. The second-order valence-electron chi connectivity index (χ2n) is 7.09. The van der Waals surface area contributed by atoms with Gasteiger partial charge in [0.1, 0.15) is 0 Å². The quantitative estimate of drug-likeness (QED) is 0.679. The molecule has 0 spiro atoms. The van der Waals surface area contributed by atoms with Crippen LogP contribution in [0.2, 0.25) is 0 Å². The van der Waals surface area contributed by atoms with Crippen LogP contribution in [0.3, 0.4) is 0 Å². The van der Waals surface area contributed by atoms with Gasteiger partial charge in [-0.3, -0.25) is 0 Å². The van der Waals surface area contributed by atoms with Crippen LogP contribution in [0.15, 0.2) is 59.5 Å². The maximum Gasteiger partial charge on any atom is 0.240 e. The summed E-state index contributed by atoms with van der Waals surface area (Å²) in [6, 6.07) is 16.5. The Morgan fingerprint density at radius 3 is 2.19 bits per heavy atom. The minimum atomic E-state index is -3.61. The predicted octanol–water partition coefficient (Wildman–Crippen LogP) is 4.26. The van der Waals surface area contributed by atoms with Crippen molar-refractivity contribution in [2.75, 3.05) is 19.0 Å². The van der Waals surface area contributed by atoms with Crippen molar-refractivity contribution in [2.45, 2.75) is 37.2 Å². The molecule has 0 saturated heterocycles. The van der Waals surface area contributed by atoms with Crippen molar-refractivity contribution in [1.82, 2.24) is 4.72 Å². The van der Waals surface area contributed by atoms with E-state index in [0.717, 1.165) is 11.1 Å². The smallest absolute Gasteiger partial charge is 0.240 e. The molecule has 0 aromatic heterocycles. The van der Waals surface area contributed by atoms with E-state index < -0.39 is 16.1 Å². The first kappa shape index (κ1) is 20.9. The molecule has 0 aliphatic rings. The number of hydrogen-bond donors (Lipinski definition) is 1. The molecule has 0 bridgehead atoms. The number of nitrogens with one attached hydrogen (secondary N) is 1. The minimum Gasteiger partial charge on any atom is -0.371 e. The lowest BCUT2D eigenvalue weighted by Gasteiger charge is -2.20. The van der Waals surface area contributed by atoms with Crippen LogP contribution in [0.25, 0.3) is 0 Å². The largest absolute Gasteiger partial charge is 0.371 e. The molecule has 2 aromatic carbocycles. The highest BCUT2D eigenvalue weighted by Gasteiger charge is 2.20. The van der Waals surface area contributed by atoms with Gasteiger partial charge in [0.15, 0.2) is 0 Å². The van der Waals surface area contributed by atoms with Crippen molar-refractivity contribution in [3.63, 3.8) is 0 Å². The predicted molar refractivity (Wildman–Crippen MR) is 106 cm³/mol. The lowest BCUT2D eigenvalue weighted by Crippen LogP contribution is -2.30. The zero-order valence-electron chi connectivity index (χ0n) is 15.4. The van der Waals surface area contributed by atoms with E-state index in [2.05, 4.69) is 25.5 Å². The first-order chi connectivity index (χ1) is 12.2. The van der Waals surface area contributed by atoms with Crippen LogP contribution in [-0.4, -0.2) is 27.4 Å². The summed E-state index contributed by atoms with van der Waals surface area (Å²) in [5, 5.41) is 0. The third kappa shape index (κ3) is 5.81. The zero-order valence-corrected chi connectivity index (χ0v) is 17.0. The van der Waals surface area contributed by atoms with Gasteiger partial charge in [0.05, 0.1) is 17.6 Å². The van der Waals surface area contributed by atoms with Crippen LogP contribution in [0.5, 0.6) is 0 Å². The second kappa shape index (κ2) is 9.00. The van der Waals surface area contributed by atoms with Crippen molar-refractivity contribution in [1.29, 1.82) is 0 Å². The van der Waals surface area contributed by atoms with E-state index in [0.29, 0.717) is 12.5 Å². The van der Waals surface area contributed by atoms with Crippen molar-refractivity contribution >= 4 is 21.6 Å². The number of hydrogen-bond acceptors (Lipinski definition) is 3. The summed E-state index contributed by atoms with van der Waals surface area (Å²) in [6.07, 6.45) is -0.390. The Kier molecular flexibility index (Phi) is 7.24. The van der Waals surface area contributed by atoms with Gasteiger partial charge in [0.25, 0.3) is 0 Å². The first-order valence-electron chi connectivity index (χ1n) is 8.57. The van der Waals surface area contributed by atoms with Gasteiger partial charge in [-0.2, -0.15) is 0 Å². The number of sulfonamides is 1. The van der Waals surface area contributed by atoms with Crippen molar-refractivity contribution in [2.24, 2.45) is 0 Å². The fraction of sp³-hybridized carbons (Fsp3) is 0.400. The van der Waals surface area contributed by atoms with E-state index in [1.807, 2.05) is 42.5 Å². The molecule has 26 heavy (non-hydrogen) atoms. The summed E-state index contributed by atoms with van der Waals surface area (Å²) in [4.78, 5) is 0.245. The Hall–Kier alpha value is -1.40. The van der Waals surface area contributed by atoms with Crippen LogP contribution in [0.4, 0.5) is 0 Å². The van der Waals surface area contributed by atoms with Crippen LogP contribution in [0, 0.1) is 0 Å². The van der Waals surface area contributed by atoms with E-state index in [1.165, 1.54) is 0 Å². The lowest BCUT2D eigenvalue weighted by molar-refractivity contribution is 0.0676. The third-order valence-electron chi connectivity index (χ3n) is 4.06. The van der Waals surface area contributed by atoms with Crippen LogP contribution in [0.1, 0.15) is 38.0 Å². The van der Waals surface area contributed by atoms with Gasteiger partial charge in [0.2, 0.25) is 10.0 Å². The van der Waals surface area contributed by atoms with Crippen LogP contribution < -0.4 is 4.72 Å². The van der Waals surface area contributed by atoms with Crippen LogP contribution >= 0.6 is 11.6 Å². The molecule has 1 atom stereocenters. The van der Waals surface area contributed by atoms with E-state index in [1.54, 1.807) is 12.1 Å². The summed E-state index contributed by atoms with van der Waals surface area (Å²) >= 11 is 5.71. The molecular formula is C20H26ClNO3S. The summed E-state index contributed by atoms with van der Waals surface area (Å²) in [5.74, 6) is 0.352. The summed E-state index contributed by atoms with van der Waals surface area (Å²) in [6.45, 7) is 6.77. The Labute approximate surface area is 161 Å². The van der Waals surface area contributed by atoms with Crippen molar-refractivity contribution in [3.8, 4) is 0 Å². The Morgan fingerprint density at radius 1 is 1.04 bits per heavy atom. The average molecular weight is 396 g/mol. The lowest BCUT2D eigenvalue weighted by atomic mass is 9.87. The molecule has 6 heteroatoms. The molecule has 142 valence electrons. The molecule has 0 unspecified atom stereocenters. The molecule has 0 aliphatic carbocycles. The maximum absolute atomic E-state index is 12.6. The van der Waals surface area contributed by atoms with E-state index in [4.69, 9.17) is 16.3 Å². The number of rotatable bonds is 8. The maximum atomic E-state index is 12.6. The Morgan fingerprint density at radius 2 is 1.65 bits per heavy atom. The van der Waals surface area contributed by atoms with E-state index >= 15 is 0 Å². The normalized spacial score (nSPS) is 13.5. The van der Waals surface area contributed by atoms with Gasteiger partial charge in [0, 0.05) is 12.4 Å². The van der Waals surface area contributed by atoms with Crippen LogP contribution in [-0.2, 0) is 20.2 Å².